The molecule has 0 aromatic rings. The summed E-state index contributed by atoms with van der Waals surface area (Å²) in [6, 6.07) is 0. The molecule has 0 aromatic heterocycles. The summed E-state index contributed by atoms with van der Waals surface area (Å²) in [5, 5.41) is 0. The van der Waals surface area contributed by atoms with Crippen molar-refractivity contribution in [1.29, 1.82) is 0 Å². The van der Waals surface area contributed by atoms with Crippen LogP contribution in [0.5, 0.6) is 0 Å². The van der Waals surface area contributed by atoms with Crippen molar-refractivity contribution in [2.24, 2.45) is 11.8 Å². The quantitative estimate of drug-likeness (QED) is 0.579. The van der Waals surface area contributed by atoms with Crippen LogP contribution in [-0.4, -0.2) is 13.1 Å². The molecule has 13 heavy (non-hydrogen) atoms. The number of carbonyl (C=O) groups is 1. The molecule has 0 aliphatic heterocycles. The highest BCUT2D eigenvalue weighted by atomic mass is 16.5. The molecule has 1 saturated carbocycles. The van der Waals surface area contributed by atoms with Crippen LogP contribution in [-0.2, 0) is 9.53 Å². The fourth-order valence-electron chi connectivity index (χ4n) is 2.62. The molecule has 0 N–H and O–H groups in total. The van der Waals surface area contributed by atoms with Gasteiger partial charge in [-0.1, -0.05) is 18.9 Å². The second-order valence-electron chi connectivity index (χ2n) is 4.12. The number of carbonyl (C=O) groups excluding carboxylic acids is 1. The van der Waals surface area contributed by atoms with Crippen molar-refractivity contribution in [2.45, 2.75) is 32.1 Å². The molecule has 2 aliphatic carbocycles. The Hall–Kier alpha value is -0.790. The van der Waals surface area contributed by atoms with Gasteiger partial charge in [0.15, 0.2) is 0 Å². The Bertz CT molecular complexity index is 242. The molecule has 0 aromatic carbocycles. The zero-order valence-corrected chi connectivity index (χ0v) is 8.08. The highest BCUT2D eigenvalue weighted by Crippen LogP contribution is 2.40. The van der Waals surface area contributed by atoms with Gasteiger partial charge in [0, 0.05) is 5.57 Å². The average Bonchev–Trinajstić information content (AvgIpc) is 2.18. The van der Waals surface area contributed by atoms with Crippen molar-refractivity contribution in [3.63, 3.8) is 0 Å². The minimum Gasteiger partial charge on any atom is -0.466 e. The number of hydrogen-bond donors (Lipinski definition) is 0. The first-order chi connectivity index (χ1) is 6.31. The highest BCUT2D eigenvalue weighted by molar-refractivity contribution is 5.89. The number of hydrogen-bond acceptors (Lipinski definition) is 2. The van der Waals surface area contributed by atoms with Crippen molar-refractivity contribution in [3.8, 4) is 0 Å². The lowest BCUT2D eigenvalue weighted by Crippen LogP contribution is -2.25. The number of ether oxygens (including phenoxy) is 1. The Morgan fingerprint density at radius 2 is 2.38 bits per heavy atom. The van der Waals surface area contributed by atoms with E-state index in [4.69, 9.17) is 4.74 Å². The largest absolute Gasteiger partial charge is 0.466 e. The lowest BCUT2D eigenvalue weighted by molar-refractivity contribution is -0.137. The van der Waals surface area contributed by atoms with Crippen molar-refractivity contribution in [1.82, 2.24) is 0 Å². The van der Waals surface area contributed by atoms with Crippen LogP contribution >= 0.6 is 0 Å². The Kier molecular flexibility index (Phi) is 2.38. The second-order valence-corrected chi connectivity index (χ2v) is 4.12. The van der Waals surface area contributed by atoms with E-state index in [0.29, 0.717) is 5.92 Å². The SMILES string of the molecule is COC(=O)C1=CCC2CCCC1C2. The summed E-state index contributed by atoms with van der Waals surface area (Å²) < 4.78 is 4.77. The molecule has 72 valence electrons. The van der Waals surface area contributed by atoms with E-state index >= 15 is 0 Å². The van der Waals surface area contributed by atoms with E-state index in [9.17, 15) is 4.79 Å². The molecule has 2 unspecified atom stereocenters. The zero-order valence-electron chi connectivity index (χ0n) is 8.08. The summed E-state index contributed by atoms with van der Waals surface area (Å²) in [5.41, 5.74) is 0.943. The van der Waals surface area contributed by atoms with Crippen molar-refractivity contribution < 1.29 is 9.53 Å². The third-order valence-corrected chi connectivity index (χ3v) is 3.31. The fourth-order valence-corrected chi connectivity index (χ4v) is 2.62. The van der Waals surface area contributed by atoms with Crippen LogP contribution in [0, 0.1) is 11.8 Å². The van der Waals surface area contributed by atoms with E-state index in [-0.39, 0.29) is 5.97 Å². The molecule has 0 saturated heterocycles. The number of allylic oxidation sites excluding steroid dienone is 1. The predicted molar refractivity (Wildman–Crippen MR) is 50.2 cm³/mol. The predicted octanol–water partition coefficient (Wildman–Crippen LogP) is 2.30. The van der Waals surface area contributed by atoms with Crippen molar-refractivity contribution >= 4 is 5.97 Å². The molecule has 2 nitrogen and oxygen atoms in total. The Balaban J connectivity index is 2.14. The minimum absolute atomic E-state index is 0.106. The lowest BCUT2D eigenvalue weighted by atomic mass is 9.72. The molecule has 2 bridgehead atoms. The third-order valence-electron chi connectivity index (χ3n) is 3.31. The number of fused-ring (bicyclic) bond motifs is 2. The van der Waals surface area contributed by atoms with Gasteiger partial charge in [0.2, 0.25) is 0 Å². The van der Waals surface area contributed by atoms with Gasteiger partial charge in [-0.05, 0) is 31.1 Å². The molecular formula is C11H16O2. The number of methoxy groups -OCH3 is 1. The molecule has 2 aliphatic rings. The first-order valence-corrected chi connectivity index (χ1v) is 5.09. The summed E-state index contributed by atoms with van der Waals surface area (Å²) in [5.74, 6) is 1.23. The van der Waals surface area contributed by atoms with Gasteiger partial charge in [-0.25, -0.2) is 4.79 Å². The van der Waals surface area contributed by atoms with Crippen LogP contribution in [0.25, 0.3) is 0 Å². The fraction of sp³-hybridized carbons (Fsp3) is 0.727. The molecule has 0 spiro atoms. The molecule has 0 radical (unpaired) electrons. The van der Waals surface area contributed by atoms with Gasteiger partial charge in [0.05, 0.1) is 7.11 Å². The molecule has 1 fully saturated rings. The standard InChI is InChI=1S/C11H16O2/c1-13-11(12)10-6-5-8-3-2-4-9(10)7-8/h6,8-9H,2-5,7H2,1H3. The summed E-state index contributed by atoms with van der Waals surface area (Å²) in [6.45, 7) is 0. The minimum atomic E-state index is -0.106. The molecule has 0 heterocycles. The number of rotatable bonds is 1. The second kappa shape index (κ2) is 3.52. The van der Waals surface area contributed by atoms with Gasteiger partial charge < -0.3 is 4.74 Å². The maximum atomic E-state index is 11.4. The highest BCUT2D eigenvalue weighted by Gasteiger charge is 2.31. The van der Waals surface area contributed by atoms with Crippen LogP contribution in [0.1, 0.15) is 32.1 Å². The van der Waals surface area contributed by atoms with Crippen LogP contribution in [0.3, 0.4) is 0 Å². The van der Waals surface area contributed by atoms with Crippen LogP contribution in [0.15, 0.2) is 11.6 Å². The first kappa shape index (κ1) is 8.79. The van der Waals surface area contributed by atoms with E-state index in [1.807, 2.05) is 0 Å². The van der Waals surface area contributed by atoms with Gasteiger partial charge in [0.25, 0.3) is 0 Å². The van der Waals surface area contributed by atoms with Gasteiger partial charge in [-0.2, -0.15) is 0 Å². The van der Waals surface area contributed by atoms with Gasteiger partial charge in [0.1, 0.15) is 0 Å². The van der Waals surface area contributed by atoms with E-state index in [1.54, 1.807) is 0 Å². The monoisotopic (exact) mass is 180 g/mol. The van der Waals surface area contributed by atoms with E-state index in [0.717, 1.165) is 17.9 Å². The Labute approximate surface area is 79.0 Å². The molecule has 2 heteroatoms. The van der Waals surface area contributed by atoms with Gasteiger partial charge >= 0.3 is 5.97 Å². The van der Waals surface area contributed by atoms with Crippen LogP contribution in [0.4, 0.5) is 0 Å². The maximum absolute atomic E-state index is 11.4. The van der Waals surface area contributed by atoms with E-state index in [1.165, 1.54) is 32.8 Å². The van der Waals surface area contributed by atoms with Crippen LogP contribution in [0.2, 0.25) is 0 Å². The Morgan fingerprint density at radius 1 is 1.54 bits per heavy atom. The molecule has 0 amide bonds. The molecule has 2 atom stereocenters. The van der Waals surface area contributed by atoms with Crippen LogP contribution < -0.4 is 0 Å². The molecular weight excluding hydrogens is 164 g/mol. The molecule has 2 rings (SSSR count). The zero-order chi connectivity index (χ0) is 9.26. The first-order valence-electron chi connectivity index (χ1n) is 5.09. The number of esters is 1. The summed E-state index contributed by atoms with van der Waals surface area (Å²) in [4.78, 5) is 11.4. The van der Waals surface area contributed by atoms with Crippen molar-refractivity contribution in [2.75, 3.05) is 7.11 Å². The van der Waals surface area contributed by atoms with E-state index in [2.05, 4.69) is 6.08 Å². The smallest absolute Gasteiger partial charge is 0.333 e. The topological polar surface area (TPSA) is 26.3 Å². The summed E-state index contributed by atoms with van der Waals surface area (Å²) in [7, 11) is 1.47. The normalized spacial score (nSPS) is 32.2. The van der Waals surface area contributed by atoms with Crippen molar-refractivity contribution in [3.05, 3.63) is 11.6 Å². The van der Waals surface area contributed by atoms with Gasteiger partial charge in [-0.15, -0.1) is 0 Å². The lowest BCUT2D eigenvalue weighted by Gasteiger charge is -2.33. The van der Waals surface area contributed by atoms with Gasteiger partial charge in [-0.3, -0.25) is 0 Å². The average molecular weight is 180 g/mol. The maximum Gasteiger partial charge on any atom is 0.333 e. The summed E-state index contributed by atoms with van der Waals surface area (Å²) in [6.07, 6.45) is 8.20. The third kappa shape index (κ3) is 1.62. The van der Waals surface area contributed by atoms with E-state index < -0.39 is 0 Å². The summed E-state index contributed by atoms with van der Waals surface area (Å²) >= 11 is 0. The Morgan fingerprint density at radius 3 is 3.15 bits per heavy atom.